The Morgan fingerprint density at radius 1 is 1.23 bits per heavy atom. The number of carboxylic acid groups (broad SMARTS) is 1. The highest BCUT2D eigenvalue weighted by atomic mass is 32.2. The van der Waals surface area contributed by atoms with Crippen molar-refractivity contribution in [1.29, 1.82) is 0 Å². The molecule has 2 aliphatic rings. The Kier molecular flexibility index (Phi) is 5.03. The minimum Gasteiger partial charge on any atom is -0.481 e. The molecule has 1 saturated heterocycles. The average molecular weight is 344 g/mol. The van der Waals surface area contributed by atoms with Gasteiger partial charge in [-0.2, -0.15) is 30.6 Å². The maximum absolute atomic E-state index is 12.6. The summed E-state index contributed by atoms with van der Waals surface area (Å²) in [6, 6.07) is -0.324. The second-order valence-electron chi connectivity index (χ2n) is 5.97. The maximum atomic E-state index is 12.6. The molecule has 2 rings (SSSR count). The number of alkyl halides is 3. The zero-order chi connectivity index (χ0) is 16.5. The summed E-state index contributed by atoms with van der Waals surface area (Å²) < 4.78 is 65.3. The van der Waals surface area contributed by atoms with E-state index in [9.17, 15) is 26.4 Å². The lowest BCUT2D eigenvalue weighted by atomic mass is 9.79. The van der Waals surface area contributed by atoms with Crippen molar-refractivity contribution in [3.63, 3.8) is 0 Å². The van der Waals surface area contributed by atoms with E-state index in [-0.39, 0.29) is 44.3 Å². The third-order valence-electron chi connectivity index (χ3n) is 4.27. The number of rotatable bonds is 5. The summed E-state index contributed by atoms with van der Waals surface area (Å²) in [4.78, 5) is 10.5. The summed E-state index contributed by atoms with van der Waals surface area (Å²) in [6.07, 6.45) is -3.82. The van der Waals surface area contributed by atoms with Crippen LogP contribution in [0.25, 0.3) is 0 Å². The van der Waals surface area contributed by atoms with Crippen molar-refractivity contribution in [2.24, 2.45) is 11.8 Å². The third kappa shape index (κ3) is 4.32. The van der Waals surface area contributed by atoms with Crippen LogP contribution in [0, 0.1) is 11.8 Å². The number of halogens is 3. The van der Waals surface area contributed by atoms with Crippen molar-refractivity contribution in [2.75, 3.05) is 13.1 Å². The number of nitrogens with one attached hydrogen (secondary N) is 1. The van der Waals surface area contributed by atoms with E-state index in [0.717, 1.165) is 4.31 Å². The Morgan fingerprint density at radius 2 is 1.77 bits per heavy atom. The number of carboxylic acids is 1. The van der Waals surface area contributed by atoms with E-state index in [1.807, 2.05) is 0 Å². The van der Waals surface area contributed by atoms with Crippen LogP contribution < -0.4 is 4.72 Å². The van der Waals surface area contributed by atoms with Crippen molar-refractivity contribution in [2.45, 2.75) is 44.3 Å². The molecule has 0 radical (unpaired) electrons. The Balaban J connectivity index is 1.79. The van der Waals surface area contributed by atoms with E-state index in [4.69, 9.17) is 5.11 Å². The number of nitrogens with zero attached hydrogens (tertiary/aromatic N) is 1. The molecular weight excluding hydrogens is 325 g/mol. The lowest BCUT2D eigenvalue weighted by Crippen LogP contribution is -2.52. The first-order chi connectivity index (χ1) is 10.1. The van der Waals surface area contributed by atoms with E-state index < -0.39 is 28.3 Å². The SMILES string of the molecule is O=C(O)CC1CC(NS(=O)(=O)N2CCC(C(F)(F)F)CC2)C1. The van der Waals surface area contributed by atoms with Gasteiger partial charge in [0, 0.05) is 25.6 Å². The van der Waals surface area contributed by atoms with E-state index in [1.165, 1.54) is 0 Å². The highest BCUT2D eigenvalue weighted by Crippen LogP contribution is 2.35. The van der Waals surface area contributed by atoms with Gasteiger partial charge in [0.15, 0.2) is 0 Å². The molecule has 1 heterocycles. The quantitative estimate of drug-likeness (QED) is 0.788. The summed E-state index contributed by atoms with van der Waals surface area (Å²) in [5.74, 6) is -2.40. The predicted molar refractivity (Wildman–Crippen MR) is 71.2 cm³/mol. The fourth-order valence-corrected chi connectivity index (χ4v) is 4.41. The zero-order valence-corrected chi connectivity index (χ0v) is 12.7. The van der Waals surface area contributed by atoms with Gasteiger partial charge >= 0.3 is 12.1 Å². The molecule has 6 nitrogen and oxygen atoms in total. The molecule has 128 valence electrons. The molecule has 0 amide bonds. The molecule has 2 fully saturated rings. The van der Waals surface area contributed by atoms with Gasteiger partial charge in [-0.1, -0.05) is 0 Å². The minimum atomic E-state index is -4.28. The summed E-state index contributed by atoms with van der Waals surface area (Å²) in [5.41, 5.74) is 0. The molecule has 1 aliphatic carbocycles. The van der Waals surface area contributed by atoms with E-state index >= 15 is 0 Å². The summed E-state index contributed by atoms with van der Waals surface area (Å²) in [6.45, 7) is -0.296. The van der Waals surface area contributed by atoms with Crippen molar-refractivity contribution in [3.8, 4) is 0 Å². The van der Waals surface area contributed by atoms with E-state index in [0.29, 0.717) is 12.8 Å². The van der Waals surface area contributed by atoms with E-state index in [1.54, 1.807) is 0 Å². The molecular formula is C12H19F3N2O4S. The summed E-state index contributed by atoms with van der Waals surface area (Å²) >= 11 is 0. The molecule has 1 saturated carbocycles. The second-order valence-corrected chi connectivity index (χ2v) is 7.67. The van der Waals surface area contributed by atoms with Crippen LogP contribution in [0.5, 0.6) is 0 Å². The Morgan fingerprint density at radius 3 is 2.23 bits per heavy atom. The monoisotopic (exact) mass is 344 g/mol. The first-order valence-corrected chi connectivity index (χ1v) is 8.58. The third-order valence-corrected chi connectivity index (χ3v) is 5.95. The summed E-state index contributed by atoms with van der Waals surface area (Å²) in [5, 5.41) is 8.62. The number of carbonyl (C=O) groups is 1. The van der Waals surface area contributed by atoms with Gasteiger partial charge in [-0.25, -0.2) is 0 Å². The van der Waals surface area contributed by atoms with Crippen LogP contribution in [-0.2, 0) is 15.0 Å². The molecule has 0 aromatic carbocycles. The first kappa shape index (κ1) is 17.5. The van der Waals surface area contributed by atoms with Gasteiger partial charge in [0.1, 0.15) is 0 Å². The van der Waals surface area contributed by atoms with Crippen LogP contribution in [0.15, 0.2) is 0 Å². The average Bonchev–Trinajstić information content (AvgIpc) is 2.34. The van der Waals surface area contributed by atoms with Crippen LogP contribution in [-0.4, -0.2) is 49.1 Å². The normalized spacial score (nSPS) is 28.3. The zero-order valence-electron chi connectivity index (χ0n) is 11.8. The molecule has 10 heteroatoms. The summed E-state index contributed by atoms with van der Waals surface area (Å²) in [7, 11) is -3.80. The van der Waals surface area contributed by atoms with Gasteiger partial charge in [-0.15, -0.1) is 0 Å². The number of piperidine rings is 1. The highest BCUT2D eigenvalue weighted by molar-refractivity contribution is 7.87. The molecule has 0 bridgehead atoms. The Labute approximate surface area is 126 Å². The fraction of sp³-hybridized carbons (Fsp3) is 0.917. The van der Waals surface area contributed by atoms with Crippen molar-refractivity contribution in [1.82, 2.24) is 9.03 Å². The number of hydrogen-bond acceptors (Lipinski definition) is 3. The number of aliphatic carboxylic acids is 1. The van der Waals surface area contributed by atoms with Crippen LogP contribution >= 0.6 is 0 Å². The van der Waals surface area contributed by atoms with E-state index in [2.05, 4.69) is 4.72 Å². The Hall–Kier alpha value is -0.870. The van der Waals surface area contributed by atoms with Gasteiger partial charge in [0.05, 0.1) is 5.92 Å². The second kappa shape index (κ2) is 6.32. The van der Waals surface area contributed by atoms with Gasteiger partial charge in [-0.05, 0) is 31.6 Å². The van der Waals surface area contributed by atoms with Crippen molar-refractivity contribution in [3.05, 3.63) is 0 Å². The first-order valence-electron chi connectivity index (χ1n) is 7.14. The predicted octanol–water partition coefficient (Wildman–Crippen LogP) is 1.35. The number of hydrogen-bond donors (Lipinski definition) is 2. The van der Waals surface area contributed by atoms with Gasteiger partial charge in [0.2, 0.25) is 0 Å². The fourth-order valence-electron chi connectivity index (χ4n) is 2.95. The molecule has 0 aromatic rings. The minimum absolute atomic E-state index is 0.00913. The standard InChI is InChI=1S/C12H19F3N2O4S/c13-12(14,15)9-1-3-17(4-2-9)22(20,21)16-10-5-8(6-10)7-11(18)19/h8-10,16H,1-7H2,(H,18,19). The molecule has 0 aromatic heterocycles. The smallest absolute Gasteiger partial charge is 0.391 e. The molecule has 22 heavy (non-hydrogen) atoms. The van der Waals surface area contributed by atoms with Gasteiger partial charge < -0.3 is 5.11 Å². The molecule has 1 aliphatic heterocycles. The van der Waals surface area contributed by atoms with Crippen LogP contribution in [0.4, 0.5) is 13.2 Å². The van der Waals surface area contributed by atoms with Gasteiger partial charge in [-0.3, -0.25) is 4.79 Å². The van der Waals surface area contributed by atoms with Gasteiger partial charge in [0.25, 0.3) is 10.2 Å². The Bertz CT molecular complexity index is 509. The molecule has 0 atom stereocenters. The van der Waals surface area contributed by atoms with Crippen molar-refractivity contribution < 1.29 is 31.5 Å². The lowest BCUT2D eigenvalue weighted by Gasteiger charge is -2.38. The van der Waals surface area contributed by atoms with Crippen LogP contribution in [0.3, 0.4) is 0 Å². The van der Waals surface area contributed by atoms with Crippen molar-refractivity contribution >= 4 is 16.2 Å². The lowest BCUT2D eigenvalue weighted by molar-refractivity contribution is -0.182. The largest absolute Gasteiger partial charge is 0.481 e. The maximum Gasteiger partial charge on any atom is 0.391 e. The molecule has 0 unspecified atom stereocenters. The molecule has 2 N–H and O–H groups in total. The molecule has 0 spiro atoms. The topological polar surface area (TPSA) is 86.7 Å². The van der Waals surface area contributed by atoms with Crippen LogP contribution in [0.2, 0.25) is 0 Å². The highest BCUT2D eigenvalue weighted by Gasteiger charge is 2.43. The van der Waals surface area contributed by atoms with Crippen LogP contribution in [0.1, 0.15) is 32.1 Å².